The van der Waals surface area contributed by atoms with Crippen molar-refractivity contribution in [2.24, 2.45) is 0 Å². The van der Waals surface area contributed by atoms with E-state index >= 15 is 0 Å². The Morgan fingerprint density at radius 2 is 2.05 bits per heavy atom. The second-order valence-corrected chi connectivity index (χ2v) is 10.0. The van der Waals surface area contributed by atoms with Crippen molar-refractivity contribution in [3.63, 3.8) is 0 Å². The number of fused-ring (bicyclic) bond motifs is 3. The molecule has 0 unspecified atom stereocenters. The topological polar surface area (TPSA) is 194 Å². The van der Waals surface area contributed by atoms with Crippen molar-refractivity contribution < 1.29 is 23.6 Å². The van der Waals surface area contributed by atoms with E-state index in [2.05, 4.69) is 46.7 Å². The minimum Gasteiger partial charge on any atom is -0.482 e. The summed E-state index contributed by atoms with van der Waals surface area (Å²) in [5, 5.41) is 26.5. The van der Waals surface area contributed by atoms with Gasteiger partial charge in [0.2, 0.25) is 5.82 Å². The number of tetrazole rings is 1. The number of amides is 3. The molecule has 0 spiro atoms. The summed E-state index contributed by atoms with van der Waals surface area (Å²) in [6, 6.07) is 12.1. The smallest absolute Gasteiger partial charge is 0.303 e. The van der Waals surface area contributed by atoms with E-state index in [4.69, 9.17) is 21.5 Å². The zero-order valence-corrected chi connectivity index (χ0v) is 22.4. The predicted molar refractivity (Wildman–Crippen MR) is 146 cm³/mol. The molecule has 16 heteroatoms. The molecule has 4 heterocycles. The number of aromatic amines is 1. The van der Waals surface area contributed by atoms with Crippen LogP contribution in [0.2, 0.25) is 0 Å². The van der Waals surface area contributed by atoms with Crippen LogP contribution in [0.15, 0.2) is 47.0 Å². The molecule has 5 aromatic rings. The van der Waals surface area contributed by atoms with Gasteiger partial charge in [-0.25, -0.2) is 9.38 Å². The second-order valence-electron chi connectivity index (χ2n) is 9.67. The number of aryl methyl sites for hydroxylation is 1. The number of hydrogen-bond donors (Lipinski definition) is 4. The predicted octanol–water partition coefficient (Wildman–Crippen LogP) is 1.91. The lowest BCUT2D eigenvalue weighted by Gasteiger charge is -2.18. The molecular formula is C26H20N10O5S. The first-order chi connectivity index (χ1) is 20.4. The molecular weight excluding hydrogens is 564 g/mol. The van der Waals surface area contributed by atoms with E-state index in [9.17, 15) is 14.4 Å². The summed E-state index contributed by atoms with van der Waals surface area (Å²) in [5.74, 6) is -0.257. The van der Waals surface area contributed by atoms with E-state index in [1.165, 1.54) is 10.5 Å². The third-order valence-electron chi connectivity index (χ3n) is 7.05. The second kappa shape index (κ2) is 10.2. The van der Waals surface area contributed by atoms with Crippen LogP contribution in [0.5, 0.6) is 5.75 Å². The first-order valence-corrected chi connectivity index (χ1v) is 13.2. The first-order valence-electron chi connectivity index (χ1n) is 12.8. The van der Waals surface area contributed by atoms with Crippen molar-refractivity contribution in [3.8, 4) is 17.1 Å². The lowest BCUT2D eigenvalue weighted by Crippen LogP contribution is -2.30. The zero-order chi connectivity index (χ0) is 28.8. The Morgan fingerprint density at radius 3 is 2.90 bits per heavy atom. The van der Waals surface area contributed by atoms with E-state index in [1.54, 1.807) is 18.2 Å². The summed E-state index contributed by atoms with van der Waals surface area (Å²) in [4.78, 5) is 42.5. The molecule has 0 bridgehead atoms. The third-order valence-corrected chi connectivity index (χ3v) is 7.30. The Morgan fingerprint density at radius 1 is 1.14 bits per heavy atom. The largest absolute Gasteiger partial charge is 0.482 e. The van der Waals surface area contributed by atoms with Crippen LogP contribution in [0, 0.1) is 4.84 Å². The maximum absolute atomic E-state index is 13.6. The molecule has 0 fully saturated rings. The number of ether oxygens (including phenoxy) is 1. The van der Waals surface area contributed by atoms with Crippen LogP contribution in [0.3, 0.4) is 0 Å². The van der Waals surface area contributed by atoms with Crippen molar-refractivity contribution >= 4 is 41.4 Å². The number of nitrogens with zero attached hydrogens (tertiary/aromatic N) is 6. The summed E-state index contributed by atoms with van der Waals surface area (Å²) in [7, 11) is 0. The van der Waals surface area contributed by atoms with Crippen molar-refractivity contribution in [2.45, 2.75) is 25.4 Å². The SMILES string of the molecule is O=C1COc2ccc(CNC(=O)c3cc(C(=O)N[C@H]4CCc5cc(-c6nn[nH]n6)ccc54)n4c(=S)onc4n3)cc2N1. The Hall–Kier alpha value is -5.51. The standard InChI is InChI=1S/C26H20N10O5S/c37-21-11-40-20-6-1-12(7-17(20)28-21)10-27-23(38)18-9-19(36-25(30-18)33-41-26(36)42)24(39)29-16-5-3-13-8-14(2-4-15(13)16)22-31-34-35-32-22/h1-2,4,6-9,16H,3,5,10-11H2,(H,27,38)(H,28,37)(H,29,39)(H,31,32,34,35)/t16-/m0/s1. The maximum Gasteiger partial charge on any atom is 0.303 e. The fourth-order valence-electron chi connectivity index (χ4n) is 5.07. The van der Waals surface area contributed by atoms with Crippen LogP contribution in [0.4, 0.5) is 5.69 Å². The maximum atomic E-state index is 13.6. The minimum absolute atomic E-state index is 0.0250. The third kappa shape index (κ3) is 4.62. The molecule has 2 aromatic carbocycles. The Labute approximate surface area is 240 Å². The van der Waals surface area contributed by atoms with Gasteiger partial charge in [-0.2, -0.15) is 5.21 Å². The number of aromatic nitrogens is 7. The molecule has 1 atom stereocenters. The summed E-state index contributed by atoms with van der Waals surface area (Å²) >= 11 is 5.23. The van der Waals surface area contributed by atoms with Crippen LogP contribution in [-0.4, -0.2) is 59.5 Å². The van der Waals surface area contributed by atoms with Crippen LogP contribution >= 0.6 is 12.2 Å². The van der Waals surface area contributed by atoms with Crippen molar-refractivity contribution in [2.75, 3.05) is 11.9 Å². The van der Waals surface area contributed by atoms with Crippen molar-refractivity contribution in [1.82, 2.24) is 45.8 Å². The van der Waals surface area contributed by atoms with Gasteiger partial charge < -0.3 is 25.2 Å². The fraction of sp³-hybridized carbons (Fsp3) is 0.192. The van der Waals surface area contributed by atoms with Gasteiger partial charge >= 0.3 is 4.84 Å². The number of carbonyl (C=O) groups excluding carboxylic acids is 3. The average molecular weight is 585 g/mol. The zero-order valence-electron chi connectivity index (χ0n) is 21.6. The quantitative estimate of drug-likeness (QED) is 0.213. The van der Waals surface area contributed by atoms with E-state index in [1.807, 2.05) is 18.2 Å². The molecule has 2 aliphatic rings. The average Bonchev–Trinajstić information content (AvgIpc) is 3.76. The molecule has 0 radical (unpaired) electrons. The molecule has 3 amide bonds. The van der Waals surface area contributed by atoms with Gasteiger partial charge in [-0.3, -0.25) is 14.4 Å². The summed E-state index contributed by atoms with van der Waals surface area (Å²) in [6.45, 7) is 0.0844. The molecule has 15 nitrogen and oxygen atoms in total. The van der Waals surface area contributed by atoms with Crippen LogP contribution < -0.4 is 20.7 Å². The molecule has 0 saturated carbocycles. The van der Waals surface area contributed by atoms with Crippen molar-refractivity contribution in [3.05, 3.63) is 75.4 Å². The highest BCUT2D eigenvalue weighted by Gasteiger charge is 2.27. The van der Waals surface area contributed by atoms with Gasteiger partial charge in [-0.1, -0.05) is 18.2 Å². The Balaban J connectivity index is 1.11. The highest BCUT2D eigenvalue weighted by molar-refractivity contribution is 7.71. The van der Waals surface area contributed by atoms with E-state index < -0.39 is 11.8 Å². The normalized spacial score (nSPS) is 15.4. The van der Waals surface area contributed by atoms with Crippen LogP contribution in [0.1, 0.15) is 50.1 Å². The van der Waals surface area contributed by atoms with E-state index in [0.29, 0.717) is 23.7 Å². The molecule has 42 heavy (non-hydrogen) atoms. The van der Waals surface area contributed by atoms with Crippen LogP contribution in [-0.2, 0) is 17.8 Å². The number of rotatable bonds is 6. The highest BCUT2D eigenvalue weighted by Crippen LogP contribution is 2.34. The first kappa shape index (κ1) is 25.5. The molecule has 1 aliphatic carbocycles. The number of H-pyrrole nitrogens is 1. The molecule has 1 aliphatic heterocycles. The minimum atomic E-state index is -0.543. The number of benzene rings is 2. The van der Waals surface area contributed by atoms with E-state index in [-0.39, 0.29) is 47.1 Å². The van der Waals surface area contributed by atoms with Gasteiger partial charge in [0.05, 0.1) is 11.7 Å². The molecule has 3 aromatic heterocycles. The highest BCUT2D eigenvalue weighted by atomic mass is 32.1. The van der Waals surface area contributed by atoms with Gasteiger partial charge in [0.15, 0.2) is 6.61 Å². The van der Waals surface area contributed by atoms with Gasteiger partial charge in [0, 0.05) is 12.1 Å². The molecule has 4 N–H and O–H groups in total. The van der Waals surface area contributed by atoms with Gasteiger partial charge in [0.1, 0.15) is 17.1 Å². The number of hydrogen-bond acceptors (Lipinski definition) is 11. The Bertz CT molecular complexity index is 1950. The molecule has 0 saturated heterocycles. The number of anilines is 1. The number of nitrogens with one attached hydrogen (secondary N) is 4. The fourth-order valence-corrected chi connectivity index (χ4v) is 5.29. The summed E-state index contributed by atoms with van der Waals surface area (Å²) in [6.07, 6.45) is 1.43. The summed E-state index contributed by atoms with van der Waals surface area (Å²) in [5.41, 5.74) is 4.12. The van der Waals surface area contributed by atoms with Crippen LogP contribution in [0.25, 0.3) is 17.2 Å². The van der Waals surface area contributed by atoms with E-state index in [0.717, 1.165) is 28.7 Å². The molecule has 210 valence electrons. The van der Waals surface area contributed by atoms with Gasteiger partial charge in [0.25, 0.3) is 23.5 Å². The van der Waals surface area contributed by atoms with Crippen molar-refractivity contribution in [1.29, 1.82) is 0 Å². The van der Waals surface area contributed by atoms with Gasteiger partial charge in [-0.05, 0) is 76.4 Å². The van der Waals surface area contributed by atoms with Gasteiger partial charge in [-0.15, -0.1) is 10.2 Å². The lowest BCUT2D eigenvalue weighted by atomic mass is 10.0. The number of carbonyl (C=O) groups is 3. The monoisotopic (exact) mass is 584 g/mol. The lowest BCUT2D eigenvalue weighted by molar-refractivity contribution is -0.118. The summed E-state index contributed by atoms with van der Waals surface area (Å²) < 4.78 is 11.7. The molecule has 7 rings (SSSR count). The Kier molecular flexibility index (Phi) is 6.15.